The Kier molecular flexibility index (Phi) is 11.2. The molecule has 1 saturated carbocycles. The molecule has 13 nitrogen and oxygen atoms in total. The van der Waals surface area contributed by atoms with E-state index in [2.05, 4.69) is 40.0 Å². The Hall–Kier alpha value is -3.93. The highest BCUT2D eigenvalue weighted by atomic mass is 127. The maximum atomic E-state index is 15.6. The maximum Gasteiger partial charge on any atom is 0.327 e. The van der Waals surface area contributed by atoms with Gasteiger partial charge in [0.05, 0.1) is 19.2 Å². The van der Waals surface area contributed by atoms with Gasteiger partial charge in [-0.2, -0.15) is 5.06 Å². The van der Waals surface area contributed by atoms with Crippen LogP contribution >= 0.6 is 22.6 Å². The summed E-state index contributed by atoms with van der Waals surface area (Å²) in [5.41, 5.74) is 1.70. The number of nitrogens with zero attached hydrogens (tertiary/aromatic N) is 2. The van der Waals surface area contributed by atoms with Crippen LogP contribution in [0.4, 0.5) is 0 Å². The summed E-state index contributed by atoms with van der Waals surface area (Å²) in [6.45, 7) is 5.07. The third-order valence-electron chi connectivity index (χ3n) is 12.0. The Bertz CT molecular complexity index is 2020. The number of carbonyl (C=O) groups is 4. The van der Waals surface area contributed by atoms with Crippen LogP contribution in [-0.4, -0.2) is 106 Å². The molecule has 1 spiro atoms. The highest BCUT2D eigenvalue weighted by molar-refractivity contribution is 14.1. The summed E-state index contributed by atoms with van der Waals surface area (Å²) < 4.78 is 26.4. The monoisotopic (exact) mass is 907 g/mol. The molecular weight excluding hydrogens is 857 g/mol. The summed E-state index contributed by atoms with van der Waals surface area (Å²) >= 11 is 2.23. The van der Waals surface area contributed by atoms with Gasteiger partial charge in [-0.3, -0.25) is 24.0 Å². The molecule has 14 heteroatoms. The van der Waals surface area contributed by atoms with Crippen molar-refractivity contribution in [3.05, 3.63) is 105 Å². The van der Waals surface area contributed by atoms with E-state index in [9.17, 15) is 19.5 Å². The summed E-state index contributed by atoms with van der Waals surface area (Å²) in [7, 11) is 1.57. The molecule has 5 aliphatic rings. The van der Waals surface area contributed by atoms with Gasteiger partial charge in [0, 0.05) is 42.7 Å². The molecule has 3 saturated heterocycles. The van der Waals surface area contributed by atoms with Gasteiger partial charge in [-0.05, 0) is 84.2 Å². The topological polar surface area (TPSA) is 153 Å². The van der Waals surface area contributed by atoms with Crippen molar-refractivity contribution in [3.8, 4) is 0 Å². The Morgan fingerprint density at radius 3 is 2.28 bits per heavy atom. The zero-order chi connectivity index (χ0) is 41.0. The van der Waals surface area contributed by atoms with Crippen LogP contribution in [0.1, 0.15) is 62.3 Å². The number of hydrogen-bond acceptors (Lipinski definition) is 11. The highest BCUT2D eigenvalue weighted by Crippen LogP contribution is 2.59. The van der Waals surface area contributed by atoms with E-state index in [-0.39, 0.29) is 32.2 Å². The Morgan fingerprint density at radius 1 is 0.966 bits per heavy atom. The first-order chi connectivity index (χ1) is 27.7. The molecule has 3 aromatic carbocycles. The fraction of sp³-hybridized carbons (Fsp3) is 0.500. The van der Waals surface area contributed by atoms with Gasteiger partial charge in [0.1, 0.15) is 41.5 Å². The van der Waals surface area contributed by atoms with Crippen LogP contribution in [-0.2, 0) is 68.8 Å². The lowest BCUT2D eigenvalue weighted by Gasteiger charge is -2.50. The molecule has 58 heavy (non-hydrogen) atoms. The van der Waals surface area contributed by atoms with Crippen molar-refractivity contribution in [2.45, 2.75) is 120 Å². The van der Waals surface area contributed by atoms with Crippen LogP contribution in [0.15, 0.2) is 78.9 Å². The van der Waals surface area contributed by atoms with Crippen LogP contribution in [0, 0.1) is 8.99 Å². The van der Waals surface area contributed by atoms with E-state index in [1.54, 1.807) is 32.9 Å². The minimum Gasteiger partial charge on any atom is -0.460 e. The van der Waals surface area contributed by atoms with Crippen LogP contribution in [0.3, 0.4) is 0 Å². The minimum atomic E-state index is -1.51. The van der Waals surface area contributed by atoms with Crippen molar-refractivity contribution in [1.29, 1.82) is 0 Å². The fourth-order valence-electron chi connectivity index (χ4n) is 9.41. The quantitative estimate of drug-likeness (QED) is 0.200. The van der Waals surface area contributed by atoms with Crippen LogP contribution in [0.5, 0.6) is 0 Å². The van der Waals surface area contributed by atoms with Gasteiger partial charge in [-0.15, -0.1) is 0 Å². The second-order valence-corrected chi connectivity index (χ2v) is 18.4. The molecule has 2 bridgehead atoms. The van der Waals surface area contributed by atoms with Crippen LogP contribution < -0.4 is 5.32 Å². The number of rotatable bonds is 12. The average molecular weight is 908 g/mol. The number of ether oxygens (including phenoxy) is 4. The second-order valence-electron chi connectivity index (χ2n) is 17.2. The van der Waals surface area contributed by atoms with Crippen molar-refractivity contribution in [1.82, 2.24) is 15.3 Å². The first-order valence-corrected chi connectivity index (χ1v) is 21.0. The maximum absolute atomic E-state index is 15.6. The lowest BCUT2D eigenvalue weighted by Crippen LogP contribution is -2.70. The highest BCUT2D eigenvalue weighted by Gasteiger charge is 2.77. The number of aliphatic hydroxyl groups excluding tert-OH is 1. The number of hydrogen-bond donors (Lipinski definition) is 2. The second kappa shape index (κ2) is 15.9. The summed E-state index contributed by atoms with van der Waals surface area (Å²) in [5.74, 6) is -3.05. The van der Waals surface area contributed by atoms with E-state index in [1.165, 1.54) is 4.90 Å². The standard InChI is InChI=1S/C44H50IN3O10/c1-42(2,3)55-34(50)19-18-31(25-49)46-39(51)32(20-26-10-6-5-7-11-26)47(4)41(53)44-23-33-35-36(57-43(56-35)21-28-12-8-9-13-29(28)22-43)38(44)58-48(37(44)40(52)54-33)24-27-14-16-30(45)17-15-27/h5-17,31-33,35-38,49H,18-25H2,1-4H3,(H,46,51). The van der Waals surface area contributed by atoms with E-state index in [0.717, 1.165) is 25.8 Å². The van der Waals surface area contributed by atoms with Gasteiger partial charge in [-0.1, -0.05) is 66.7 Å². The molecule has 3 heterocycles. The first-order valence-electron chi connectivity index (χ1n) is 19.9. The van der Waals surface area contributed by atoms with Crippen molar-refractivity contribution < 1.29 is 48.1 Å². The normalized spacial score (nSPS) is 27.6. The SMILES string of the molecule is CN(C(=O)C12CC3OC(=O)C1N(Cc1ccc(I)cc1)OC2C1OC2(Cc4ccccc4C2)OC31)C(Cc1ccccc1)C(=O)NC(CO)CCC(=O)OC(C)(C)C. The molecule has 308 valence electrons. The molecule has 2 N–H and O–H groups in total. The van der Waals surface area contributed by atoms with Gasteiger partial charge < -0.3 is 34.3 Å². The number of fused-ring (bicyclic) bond motifs is 5. The number of amides is 2. The number of aliphatic hydroxyl groups is 1. The number of hydroxylamine groups is 2. The Balaban J connectivity index is 1.12. The smallest absolute Gasteiger partial charge is 0.327 e. The van der Waals surface area contributed by atoms with Crippen molar-refractivity contribution >= 4 is 46.3 Å². The molecular formula is C44H50IN3O10. The summed E-state index contributed by atoms with van der Waals surface area (Å²) in [6.07, 6.45) is -1.87. The van der Waals surface area contributed by atoms with Gasteiger partial charge in [0.15, 0.2) is 11.8 Å². The van der Waals surface area contributed by atoms with Gasteiger partial charge in [0.2, 0.25) is 11.8 Å². The molecule has 8 rings (SSSR count). The average Bonchev–Trinajstić information content (AvgIpc) is 3.86. The van der Waals surface area contributed by atoms with Gasteiger partial charge in [0.25, 0.3) is 0 Å². The molecule has 8 unspecified atom stereocenters. The molecule has 2 aliphatic carbocycles. The number of likely N-dealkylation sites (N-methyl/N-ethyl adjacent to an activating group) is 1. The fourth-order valence-corrected chi connectivity index (χ4v) is 9.77. The molecule has 3 aliphatic heterocycles. The lowest BCUT2D eigenvalue weighted by atomic mass is 9.62. The molecule has 0 aromatic heterocycles. The largest absolute Gasteiger partial charge is 0.460 e. The molecule has 4 fully saturated rings. The van der Waals surface area contributed by atoms with Crippen molar-refractivity contribution in [3.63, 3.8) is 0 Å². The molecule has 3 aromatic rings. The zero-order valence-corrected chi connectivity index (χ0v) is 35.3. The number of carbonyl (C=O) groups excluding carboxylic acids is 4. The van der Waals surface area contributed by atoms with E-state index in [1.807, 2.05) is 66.7 Å². The predicted molar refractivity (Wildman–Crippen MR) is 217 cm³/mol. The number of benzene rings is 3. The number of nitrogens with one attached hydrogen (secondary N) is 1. The van der Waals surface area contributed by atoms with Gasteiger partial charge >= 0.3 is 11.9 Å². The van der Waals surface area contributed by atoms with E-state index < -0.39 is 89.7 Å². The first kappa shape index (κ1) is 40.8. The predicted octanol–water partition coefficient (Wildman–Crippen LogP) is 4.04. The van der Waals surface area contributed by atoms with E-state index in [4.69, 9.17) is 23.8 Å². The molecule has 0 radical (unpaired) electrons. The third kappa shape index (κ3) is 7.79. The lowest BCUT2D eigenvalue weighted by molar-refractivity contribution is -0.218. The van der Waals surface area contributed by atoms with Crippen LogP contribution in [0.2, 0.25) is 0 Å². The summed E-state index contributed by atoms with van der Waals surface area (Å²) in [6, 6.07) is 22.2. The minimum absolute atomic E-state index is 0.0260. The number of esters is 2. The third-order valence-corrected chi connectivity index (χ3v) is 12.7. The van der Waals surface area contributed by atoms with E-state index in [0.29, 0.717) is 12.8 Å². The molecule has 2 amide bonds. The summed E-state index contributed by atoms with van der Waals surface area (Å²) in [5, 5.41) is 14.8. The van der Waals surface area contributed by atoms with Crippen molar-refractivity contribution in [2.24, 2.45) is 5.41 Å². The van der Waals surface area contributed by atoms with Gasteiger partial charge in [-0.25, -0.2) is 0 Å². The Morgan fingerprint density at radius 2 is 1.62 bits per heavy atom. The van der Waals surface area contributed by atoms with Crippen molar-refractivity contribution in [2.75, 3.05) is 13.7 Å². The Labute approximate surface area is 351 Å². The van der Waals surface area contributed by atoms with Crippen LogP contribution in [0.25, 0.3) is 0 Å². The summed E-state index contributed by atoms with van der Waals surface area (Å²) in [4.78, 5) is 65.2. The van der Waals surface area contributed by atoms with E-state index >= 15 is 4.79 Å². The number of halogens is 1. The zero-order valence-electron chi connectivity index (χ0n) is 33.1. The molecule has 8 atom stereocenters.